The Morgan fingerprint density at radius 3 is 2.39 bits per heavy atom. The molecule has 1 aliphatic carbocycles. The molecule has 1 saturated heterocycles. The van der Waals surface area contributed by atoms with E-state index in [2.05, 4.69) is 37.3 Å². The van der Waals surface area contributed by atoms with E-state index in [0.717, 1.165) is 57.0 Å². The molecule has 1 saturated carbocycles. The second kappa shape index (κ2) is 9.20. The molecule has 7 nitrogen and oxygen atoms in total. The molecule has 1 aromatic carbocycles. The predicted octanol–water partition coefficient (Wildman–Crippen LogP) is 0.395. The minimum atomic E-state index is -0.209. The van der Waals surface area contributed by atoms with Crippen molar-refractivity contribution in [2.24, 2.45) is 0 Å². The van der Waals surface area contributed by atoms with E-state index in [1.165, 1.54) is 23.3 Å². The number of benzene rings is 1. The SMILES string of the molecule is Fc1ccc([C@@H](c2nnnn2C2CCCC2)[NH+]2CC[NH+](Cc3ccncc3)CC2)cc1. The van der Waals surface area contributed by atoms with Crippen LogP contribution in [0.2, 0.25) is 0 Å². The summed E-state index contributed by atoms with van der Waals surface area (Å²) in [4.78, 5) is 7.17. The van der Waals surface area contributed by atoms with E-state index in [0.29, 0.717) is 6.04 Å². The average molecular weight is 424 g/mol. The number of hydrogen-bond donors (Lipinski definition) is 2. The van der Waals surface area contributed by atoms with Gasteiger partial charge in [0, 0.05) is 23.5 Å². The first-order valence-corrected chi connectivity index (χ1v) is 11.4. The van der Waals surface area contributed by atoms with E-state index in [1.807, 2.05) is 24.5 Å². The van der Waals surface area contributed by atoms with Crippen LogP contribution in [0.4, 0.5) is 4.39 Å². The predicted molar refractivity (Wildman–Crippen MR) is 113 cm³/mol. The molecule has 2 fully saturated rings. The molecule has 1 aliphatic heterocycles. The summed E-state index contributed by atoms with van der Waals surface area (Å²) in [7, 11) is 0. The molecule has 3 heterocycles. The van der Waals surface area contributed by atoms with Crippen LogP contribution >= 0.6 is 0 Å². The summed E-state index contributed by atoms with van der Waals surface area (Å²) in [6.45, 7) is 5.25. The van der Waals surface area contributed by atoms with Gasteiger partial charge in [-0.3, -0.25) is 4.98 Å². The molecule has 31 heavy (non-hydrogen) atoms. The van der Waals surface area contributed by atoms with Crippen molar-refractivity contribution in [3.63, 3.8) is 0 Å². The molecule has 162 valence electrons. The van der Waals surface area contributed by atoms with Crippen LogP contribution < -0.4 is 9.80 Å². The van der Waals surface area contributed by atoms with Gasteiger partial charge in [0.25, 0.3) is 0 Å². The van der Waals surface area contributed by atoms with Crippen LogP contribution in [0.15, 0.2) is 48.8 Å². The highest BCUT2D eigenvalue weighted by atomic mass is 19.1. The summed E-state index contributed by atoms with van der Waals surface area (Å²) in [6, 6.07) is 11.5. The molecule has 3 aromatic rings. The summed E-state index contributed by atoms with van der Waals surface area (Å²) in [5, 5.41) is 12.9. The van der Waals surface area contributed by atoms with Gasteiger partial charge in [-0.1, -0.05) is 12.8 Å². The van der Waals surface area contributed by atoms with E-state index >= 15 is 0 Å². The van der Waals surface area contributed by atoms with Crippen LogP contribution in [-0.2, 0) is 6.54 Å². The van der Waals surface area contributed by atoms with Crippen molar-refractivity contribution in [1.29, 1.82) is 0 Å². The van der Waals surface area contributed by atoms with Gasteiger partial charge in [0.05, 0.1) is 6.04 Å². The Kier molecular flexibility index (Phi) is 5.99. The zero-order chi connectivity index (χ0) is 21.0. The lowest BCUT2D eigenvalue weighted by Gasteiger charge is -2.34. The second-order valence-corrected chi connectivity index (χ2v) is 8.84. The van der Waals surface area contributed by atoms with Crippen LogP contribution in [0, 0.1) is 5.82 Å². The van der Waals surface area contributed by atoms with E-state index in [-0.39, 0.29) is 11.9 Å². The van der Waals surface area contributed by atoms with Crippen molar-refractivity contribution in [2.45, 2.75) is 44.3 Å². The van der Waals surface area contributed by atoms with Crippen LogP contribution in [-0.4, -0.2) is 51.4 Å². The highest BCUT2D eigenvalue weighted by Gasteiger charge is 2.37. The van der Waals surface area contributed by atoms with Crippen molar-refractivity contribution in [3.05, 3.63) is 71.6 Å². The van der Waals surface area contributed by atoms with Crippen molar-refractivity contribution >= 4 is 0 Å². The van der Waals surface area contributed by atoms with Crippen molar-refractivity contribution < 1.29 is 14.2 Å². The van der Waals surface area contributed by atoms with Crippen LogP contribution in [0.5, 0.6) is 0 Å². The first-order valence-electron chi connectivity index (χ1n) is 11.4. The minimum Gasteiger partial charge on any atom is -0.322 e. The van der Waals surface area contributed by atoms with Crippen molar-refractivity contribution in [3.8, 4) is 0 Å². The van der Waals surface area contributed by atoms with Gasteiger partial charge in [-0.15, -0.1) is 5.10 Å². The van der Waals surface area contributed by atoms with Gasteiger partial charge in [-0.25, -0.2) is 9.07 Å². The highest BCUT2D eigenvalue weighted by Crippen LogP contribution is 2.31. The zero-order valence-electron chi connectivity index (χ0n) is 17.8. The third-order valence-electron chi connectivity index (χ3n) is 6.86. The Labute approximate surface area is 181 Å². The van der Waals surface area contributed by atoms with Crippen LogP contribution in [0.25, 0.3) is 0 Å². The number of pyridine rings is 1. The summed E-state index contributed by atoms with van der Waals surface area (Å²) >= 11 is 0. The molecular formula is C23H30FN7+2. The maximum atomic E-state index is 13.7. The minimum absolute atomic E-state index is 0.0266. The van der Waals surface area contributed by atoms with Gasteiger partial charge in [0.1, 0.15) is 38.5 Å². The van der Waals surface area contributed by atoms with Crippen molar-refractivity contribution in [1.82, 2.24) is 25.2 Å². The second-order valence-electron chi connectivity index (χ2n) is 8.84. The number of nitrogens with one attached hydrogen (secondary N) is 2. The molecule has 2 aromatic heterocycles. The molecule has 1 atom stereocenters. The normalized spacial score (nSPS) is 23.1. The molecule has 5 rings (SSSR count). The first kappa shape index (κ1) is 20.2. The Morgan fingerprint density at radius 2 is 1.68 bits per heavy atom. The molecule has 0 unspecified atom stereocenters. The molecule has 0 bridgehead atoms. The third-order valence-corrected chi connectivity index (χ3v) is 6.86. The molecule has 0 radical (unpaired) electrons. The topological polar surface area (TPSA) is 65.4 Å². The third kappa shape index (κ3) is 4.50. The van der Waals surface area contributed by atoms with E-state index in [4.69, 9.17) is 0 Å². The number of piperazine rings is 1. The van der Waals surface area contributed by atoms with Gasteiger partial charge >= 0.3 is 0 Å². The smallest absolute Gasteiger partial charge is 0.214 e. The van der Waals surface area contributed by atoms with E-state index in [9.17, 15) is 4.39 Å². The zero-order valence-corrected chi connectivity index (χ0v) is 17.8. The Balaban J connectivity index is 1.37. The Hall–Kier alpha value is -2.71. The van der Waals surface area contributed by atoms with Gasteiger partial charge < -0.3 is 9.80 Å². The fraction of sp³-hybridized carbons (Fsp3) is 0.478. The standard InChI is InChI=1S/C23H28FN7/c24-20-7-5-19(6-8-20)22(23-26-27-28-31(23)21-3-1-2-4-21)30-15-13-29(14-16-30)17-18-9-11-25-12-10-18/h5-12,21-22H,1-4,13-17H2/p+2/t22-/m0/s1. The quantitative estimate of drug-likeness (QED) is 0.602. The highest BCUT2D eigenvalue weighted by molar-refractivity contribution is 5.23. The average Bonchev–Trinajstić information content (AvgIpc) is 3.49. The first-order chi connectivity index (χ1) is 15.3. The summed E-state index contributed by atoms with van der Waals surface area (Å²) in [6.07, 6.45) is 8.46. The summed E-state index contributed by atoms with van der Waals surface area (Å²) in [5.74, 6) is 0.714. The van der Waals surface area contributed by atoms with E-state index in [1.54, 1.807) is 17.0 Å². The Morgan fingerprint density at radius 1 is 0.968 bits per heavy atom. The maximum Gasteiger partial charge on any atom is 0.214 e. The number of nitrogens with zero attached hydrogens (tertiary/aromatic N) is 5. The lowest BCUT2D eigenvalue weighted by Crippen LogP contribution is -3.27. The monoisotopic (exact) mass is 423 g/mol. The van der Waals surface area contributed by atoms with Crippen molar-refractivity contribution in [2.75, 3.05) is 26.2 Å². The Bertz CT molecular complexity index is 961. The fourth-order valence-electron chi connectivity index (χ4n) is 5.20. The van der Waals surface area contributed by atoms with Gasteiger partial charge in [-0.2, -0.15) is 0 Å². The lowest BCUT2D eigenvalue weighted by atomic mass is 10.0. The summed E-state index contributed by atoms with van der Waals surface area (Å²) in [5.41, 5.74) is 2.41. The number of hydrogen-bond acceptors (Lipinski definition) is 4. The van der Waals surface area contributed by atoms with Gasteiger partial charge in [-0.05, 0) is 59.7 Å². The van der Waals surface area contributed by atoms with Crippen LogP contribution in [0.1, 0.15) is 54.7 Å². The van der Waals surface area contributed by atoms with Crippen LogP contribution in [0.3, 0.4) is 0 Å². The number of rotatable bonds is 6. The molecule has 2 aliphatic rings. The number of aromatic nitrogens is 5. The summed E-state index contributed by atoms with van der Waals surface area (Å²) < 4.78 is 15.7. The number of halogens is 1. The van der Waals surface area contributed by atoms with Gasteiger partial charge in [0.2, 0.25) is 5.82 Å². The fourth-order valence-corrected chi connectivity index (χ4v) is 5.20. The maximum absolute atomic E-state index is 13.7. The van der Waals surface area contributed by atoms with E-state index < -0.39 is 0 Å². The largest absolute Gasteiger partial charge is 0.322 e. The molecular weight excluding hydrogens is 393 g/mol. The molecule has 0 amide bonds. The lowest BCUT2D eigenvalue weighted by molar-refractivity contribution is -1.03. The number of quaternary nitrogens is 2. The number of tetrazole rings is 1. The van der Waals surface area contributed by atoms with Gasteiger partial charge in [0.15, 0.2) is 6.04 Å². The molecule has 2 N–H and O–H groups in total. The molecule has 0 spiro atoms. The molecule has 8 heteroatoms.